The average molecular weight is 344 g/mol. The topological polar surface area (TPSA) is 80.3 Å². The van der Waals surface area contributed by atoms with Gasteiger partial charge in [-0.25, -0.2) is 21.6 Å². The van der Waals surface area contributed by atoms with Crippen molar-refractivity contribution in [3.8, 4) is 0 Å². The Kier molecular flexibility index (Phi) is 4.56. The van der Waals surface area contributed by atoms with Crippen molar-refractivity contribution in [2.45, 2.75) is 41.7 Å². The molecule has 5 nitrogen and oxygen atoms in total. The second-order valence-corrected chi connectivity index (χ2v) is 10.4. The van der Waals surface area contributed by atoms with E-state index in [1.807, 2.05) is 0 Å². The van der Waals surface area contributed by atoms with Gasteiger partial charge in [0.1, 0.15) is 4.21 Å². The van der Waals surface area contributed by atoms with Crippen molar-refractivity contribution >= 4 is 41.1 Å². The monoisotopic (exact) mass is 343 g/mol. The highest BCUT2D eigenvalue weighted by Gasteiger charge is 2.28. The van der Waals surface area contributed by atoms with E-state index in [0.29, 0.717) is 17.7 Å². The van der Waals surface area contributed by atoms with Gasteiger partial charge in [0.2, 0.25) is 10.0 Å². The molecule has 1 saturated carbocycles. The summed E-state index contributed by atoms with van der Waals surface area (Å²) in [4.78, 5) is 0.626. The number of sulfonamides is 1. The third kappa shape index (κ3) is 3.91. The Morgan fingerprint density at radius 2 is 1.84 bits per heavy atom. The zero-order valence-corrected chi connectivity index (χ0v) is 13.2. The van der Waals surface area contributed by atoms with Gasteiger partial charge in [-0.05, 0) is 25.0 Å². The summed E-state index contributed by atoms with van der Waals surface area (Å²) in [7, 11) is -1.84. The van der Waals surface area contributed by atoms with Gasteiger partial charge in [0, 0.05) is 22.1 Å². The number of halogens is 1. The molecular weight excluding hydrogens is 330 g/mol. The summed E-state index contributed by atoms with van der Waals surface area (Å²) in [5.74, 6) is 0. The van der Waals surface area contributed by atoms with Crippen LogP contribution in [0.1, 0.15) is 30.6 Å². The second kappa shape index (κ2) is 5.69. The Hall–Kier alpha value is -0.150. The lowest BCUT2D eigenvalue weighted by Gasteiger charge is -2.11. The van der Waals surface area contributed by atoms with Crippen LogP contribution in [0.15, 0.2) is 16.3 Å². The molecular formula is C10H14ClNO4S3. The zero-order chi connectivity index (χ0) is 14.1. The summed E-state index contributed by atoms with van der Waals surface area (Å²) in [5.41, 5.74) is 0. The summed E-state index contributed by atoms with van der Waals surface area (Å²) in [6, 6.07) is 2.95. The van der Waals surface area contributed by atoms with Crippen LogP contribution in [-0.4, -0.2) is 22.1 Å². The van der Waals surface area contributed by atoms with E-state index in [1.54, 1.807) is 6.07 Å². The fraction of sp³-hybridized carbons (Fsp3) is 0.600. The third-order valence-corrected chi connectivity index (χ3v) is 8.14. The van der Waals surface area contributed by atoms with Crippen molar-refractivity contribution in [1.29, 1.82) is 0 Å². The summed E-state index contributed by atoms with van der Waals surface area (Å²) in [5, 5.41) is -0.316. The lowest BCUT2D eigenvalue weighted by molar-refractivity contribution is 0.565. The zero-order valence-electron chi connectivity index (χ0n) is 10.0. The fourth-order valence-electron chi connectivity index (χ4n) is 2.07. The maximum absolute atomic E-state index is 12.0. The van der Waals surface area contributed by atoms with Gasteiger partial charge < -0.3 is 0 Å². The highest BCUT2D eigenvalue weighted by molar-refractivity contribution is 8.15. The molecule has 1 aliphatic carbocycles. The van der Waals surface area contributed by atoms with Crippen molar-refractivity contribution in [2.75, 3.05) is 0 Å². The second-order valence-electron chi connectivity index (χ2n) is 4.43. The molecule has 0 atom stereocenters. The molecule has 0 amide bonds. The highest BCUT2D eigenvalue weighted by Crippen LogP contribution is 2.26. The number of rotatable bonds is 5. The highest BCUT2D eigenvalue weighted by atomic mass is 35.7. The molecule has 1 heterocycles. The Bertz CT molecular complexity index is 644. The minimum Gasteiger partial charge on any atom is -0.212 e. The van der Waals surface area contributed by atoms with E-state index >= 15 is 0 Å². The van der Waals surface area contributed by atoms with Crippen molar-refractivity contribution in [3.05, 3.63) is 17.0 Å². The standard InChI is InChI=1S/C10H14ClNO4S3/c11-18(13,14)10-6-5-8(17-10)7-12-19(15,16)9-3-1-2-4-9/h5-6,9,12H,1-4,7H2. The molecule has 0 aliphatic heterocycles. The first-order valence-electron chi connectivity index (χ1n) is 5.81. The molecule has 1 N–H and O–H groups in total. The molecule has 0 saturated heterocycles. The lowest BCUT2D eigenvalue weighted by Crippen LogP contribution is -2.31. The van der Waals surface area contributed by atoms with Gasteiger partial charge in [-0.3, -0.25) is 0 Å². The van der Waals surface area contributed by atoms with Crippen molar-refractivity contribution in [3.63, 3.8) is 0 Å². The molecule has 0 bridgehead atoms. The minimum absolute atomic E-state index is 0.0317. The number of hydrogen-bond acceptors (Lipinski definition) is 5. The van der Waals surface area contributed by atoms with Crippen LogP contribution in [0.4, 0.5) is 0 Å². The first kappa shape index (κ1) is 15.2. The largest absolute Gasteiger partial charge is 0.270 e. The van der Waals surface area contributed by atoms with Crippen LogP contribution < -0.4 is 4.72 Å². The van der Waals surface area contributed by atoms with Gasteiger partial charge in [-0.2, -0.15) is 0 Å². The SMILES string of the molecule is O=S(=O)(Cl)c1ccc(CNS(=O)(=O)C2CCCC2)s1. The van der Waals surface area contributed by atoms with Gasteiger partial charge >= 0.3 is 0 Å². The molecule has 1 aliphatic rings. The maximum Gasteiger partial charge on any atom is 0.270 e. The summed E-state index contributed by atoms with van der Waals surface area (Å²) in [6.45, 7) is 0.107. The number of thiophene rings is 1. The van der Waals surface area contributed by atoms with E-state index in [4.69, 9.17) is 10.7 Å². The van der Waals surface area contributed by atoms with Gasteiger partial charge in [0.05, 0.1) is 5.25 Å². The molecule has 19 heavy (non-hydrogen) atoms. The molecule has 1 aromatic rings. The van der Waals surface area contributed by atoms with Crippen LogP contribution in [0, 0.1) is 0 Å². The predicted octanol–water partition coefficient (Wildman–Crippen LogP) is 2.04. The molecule has 1 fully saturated rings. The quantitative estimate of drug-likeness (QED) is 0.829. The molecule has 0 spiro atoms. The summed E-state index contributed by atoms with van der Waals surface area (Å²) >= 11 is 0.976. The average Bonchev–Trinajstić information content (AvgIpc) is 2.97. The summed E-state index contributed by atoms with van der Waals surface area (Å²) in [6.07, 6.45) is 3.28. The van der Waals surface area contributed by atoms with Gasteiger partial charge in [0.25, 0.3) is 9.05 Å². The van der Waals surface area contributed by atoms with Crippen molar-refractivity contribution < 1.29 is 16.8 Å². The molecule has 2 rings (SSSR count). The van der Waals surface area contributed by atoms with Crippen LogP contribution in [0.5, 0.6) is 0 Å². The van der Waals surface area contributed by atoms with E-state index in [9.17, 15) is 16.8 Å². The van der Waals surface area contributed by atoms with E-state index < -0.39 is 19.1 Å². The van der Waals surface area contributed by atoms with Crippen LogP contribution >= 0.6 is 22.0 Å². The molecule has 0 radical (unpaired) electrons. The first-order valence-corrected chi connectivity index (χ1v) is 10.5. The van der Waals surface area contributed by atoms with Gasteiger partial charge in [-0.1, -0.05) is 12.8 Å². The fourth-order valence-corrected chi connectivity index (χ4v) is 5.77. The maximum atomic E-state index is 12.0. The first-order chi connectivity index (χ1) is 8.79. The lowest BCUT2D eigenvalue weighted by atomic mass is 10.4. The van der Waals surface area contributed by atoms with Crippen molar-refractivity contribution in [1.82, 2.24) is 4.72 Å². The van der Waals surface area contributed by atoms with E-state index in [0.717, 1.165) is 24.2 Å². The Morgan fingerprint density at radius 3 is 2.37 bits per heavy atom. The Morgan fingerprint density at radius 1 is 1.21 bits per heavy atom. The summed E-state index contributed by atoms with van der Waals surface area (Å²) < 4.78 is 48.7. The van der Waals surface area contributed by atoms with Crippen LogP contribution in [0.2, 0.25) is 0 Å². The number of nitrogens with one attached hydrogen (secondary N) is 1. The van der Waals surface area contributed by atoms with E-state index in [-0.39, 0.29) is 16.0 Å². The molecule has 9 heteroatoms. The Balaban J connectivity index is 2.01. The van der Waals surface area contributed by atoms with Crippen LogP contribution in [0.3, 0.4) is 0 Å². The van der Waals surface area contributed by atoms with Crippen molar-refractivity contribution in [2.24, 2.45) is 0 Å². The van der Waals surface area contributed by atoms with Crippen LogP contribution in [-0.2, 0) is 25.6 Å². The number of hydrogen-bond donors (Lipinski definition) is 1. The smallest absolute Gasteiger partial charge is 0.212 e. The molecule has 1 aromatic heterocycles. The minimum atomic E-state index is -3.74. The predicted molar refractivity (Wildman–Crippen MR) is 75.4 cm³/mol. The van der Waals surface area contributed by atoms with Gasteiger partial charge in [-0.15, -0.1) is 11.3 Å². The van der Waals surface area contributed by atoms with E-state index in [2.05, 4.69) is 4.72 Å². The third-order valence-electron chi connectivity index (χ3n) is 3.07. The molecule has 0 aromatic carbocycles. The van der Waals surface area contributed by atoms with Gasteiger partial charge in [0.15, 0.2) is 0 Å². The van der Waals surface area contributed by atoms with Crippen LogP contribution in [0.25, 0.3) is 0 Å². The Labute approximate surface area is 121 Å². The molecule has 108 valence electrons. The molecule has 0 unspecified atom stereocenters. The normalized spacial score (nSPS) is 17.9. The van der Waals surface area contributed by atoms with E-state index in [1.165, 1.54) is 6.07 Å².